The maximum atomic E-state index is 11.7. The number of hydrogen-bond acceptors (Lipinski definition) is 2. The standard InChI is InChI=1S/C30H46O2/c1-5-6-7-8-9-10-11-12-13-14-15-16-17-18-19-20-21-25-30(31)32-27-26-29(4)24-22-23-28(2)3/h13-21,23,25-26H,5-12,22,24,27H2,1-4H3/b14-13+,16-15+,18-17+,20-19+,25-21+,29-26+. The molecule has 2 nitrogen and oxygen atoms in total. The number of rotatable bonds is 18. The van der Waals surface area contributed by atoms with Crippen molar-refractivity contribution in [1.29, 1.82) is 0 Å². The predicted octanol–water partition coefficient (Wildman–Crippen LogP) is 9.14. The van der Waals surface area contributed by atoms with E-state index in [4.69, 9.17) is 4.74 Å². The highest BCUT2D eigenvalue weighted by Gasteiger charge is 1.94. The molecular weight excluding hydrogens is 392 g/mol. The van der Waals surface area contributed by atoms with Crippen molar-refractivity contribution in [3.63, 3.8) is 0 Å². The number of carbonyl (C=O) groups excluding carboxylic acids is 1. The van der Waals surface area contributed by atoms with Gasteiger partial charge in [-0.1, -0.05) is 117 Å². The van der Waals surface area contributed by atoms with Crippen LogP contribution in [0, 0.1) is 0 Å². The number of esters is 1. The SMILES string of the molecule is CCCCCCCCC/C=C/C=C/C=C/C=C/C=C/C(=O)OC/C=C(\C)CCC=C(C)C. The van der Waals surface area contributed by atoms with Crippen molar-refractivity contribution in [2.75, 3.05) is 6.61 Å². The van der Waals surface area contributed by atoms with Gasteiger partial charge in [-0.3, -0.25) is 0 Å². The fraction of sp³-hybridized carbons (Fsp3) is 0.500. The molecule has 0 saturated carbocycles. The molecule has 0 spiro atoms. The van der Waals surface area contributed by atoms with Crippen molar-refractivity contribution in [3.8, 4) is 0 Å². The molecule has 0 radical (unpaired) electrons. The summed E-state index contributed by atoms with van der Waals surface area (Å²) in [7, 11) is 0. The first kappa shape index (κ1) is 29.7. The van der Waals surface area contributed by atoms with Crippen LogP contribution in [-0.2, 0) is 9.53 Å². The van der Waals surface area contributed by atoms with E-state index in [1.54, 1.807) is 6.08 Å². The van der Waals surface area contributed by atoms with E-state index in [9.17, 15) is 4.79 Å². The quantitative estimate of drug-likeness (QED) is 0.0701. The Labute approximate surface area is 198 Å². The zero-order chi connectivity index (χ0) is 23.7. The molecule has 0 fully saturated rings. The summed E-state index contributed by atoms with van der Waals surface area (Å²) in [5.74, 6) is -0.321. The second-order valence-electron chi connectivity index (χ2n) is 8.35. The Morgan fingerprint density at radius 1 is 0.688 bits per heavy atom. The Bertz CT molecular complexity index is 665. The largest absolute Gasteiger partial charge is 0.458 e. The second kappa shape index (κ2) is 23.3. The van der Waals surface area contributed by atoms with Gasteiger partial charge in [-0.2, -0.15) is 0 Å². The zero-order valence-electron chi connectivity index (χ0n) is 21.0. The van der Waals surface area contributed by atoms with Gasteiger partial charge in [0.25, 0.3) is 0 Å². The van der Waals surface area contributed by atoms with Crippen molar-refractivity contribution in [3.05, 3.63) is 84.1 Å². The molecule has 32 heavy (non-hydrogen) atoms. The summed E-state index contributed by atoms with van der Waals surface area (Å²) in [5, 5.41) is 0. The van der Waals surface area contributed by atoms with Crippen LogP contribution in [0.15, 0.2) is 84.1 Å². The highest BCUT2D eigenvalue weighted by atomic mass is 16.5. The number of ether oxygens (including phenoxy) is 1. The van der Waals surface area contributed by atoms with Gasteiger partial charge in [0.15, 0.2) is 0 Å². The van der Waals surface area contributed by atoms with Crippen LogP contribution in [-0.4, -0.2) is 12.6 Å². The van der Waals surface area contributed by atoms with Crippen LogP contribution in [0.1, 0.15) is 91.9 Å². The lowest BCUT2D eigenvalue weighted by atomic mass is 10.1. The topological polar surface area (TPSA) is 26.3 Å². The molecular formula is C30H46O2. The molecule has 0 aromatic heterocycles. The maximum absolute atomic E-state index is 11.7. The lowest BCUT2D eigenvalue weighted by Gasteiger charge is -2.00. The summed E-state index contributed by atoms with van der Waals surface area (Å²) in [6.07, 6.45) is 36.0. The molecule has 0 rings (SSSR count). The molecule has 0 aromatic carbocycles. The molecule has 0 bridgehead atoms. The number of carbonyl (C=O) groups is 1. The summed E-state index contributed by atoms with van der Waals surface area (Å²) >= 11 is 0. The third-order valence-electron chi connectivity index (χ3n) is 4.87. The Morgan fingerprint density at radius 3 is 1.94 bits per heavy atom. The van der Waals surface area contributed by atoms with Gasteiger partial charge < -0.3 is 4.74 Å². The molecule has 178 valence electrons. The first-order valence-corrected chi connectivity index (χ1v) is 12.3. The minimum atomic E-state index is -0.321. The van der Waals surface area contributed by atoms with Gasteiger partial charge >= 0.3 is 5.97 Å². The molecule has 0 atom stereocenters. The lowest BCUT2D eigenvalue weighted by molar-refractivity contribution is -0.136. The van der Waals surface area contributed by atoms with Gasteiger partial charge in [0.1, 0.15) is 6.61 Å². The molecule has 0 aliphatic carbocycles. The Hall–Kier alpha value is -2.35. The van der Waals surface area contributed by atoms with E-state index in [0.29, 0.717) is 6.61 Å². The molecule has 0 aliphatic heterocycles. The van der Waals surface area contributed by atoms with Crippen LogP contribution >= 0.6 is 0 Å². The van der Waals surface area contributed by atoms with E-state index in [0.717, 1.165) is 19.3 Å². The van der Waals surface area contributed by atoms with Crippen molar-refractivity contribution in [2.45, 2.75) is 91.9 Å². The van der Waals surface area contributed by atoms with Gasteiger partial charge in [-0.15, -0.1) is 0 Å². The van der Waals surface area contributed by atoms with Crippen molar-refractivity contribution in [1.82, 2.24) is 0 Å². The molecule has 0 heterocycles. The van der Waals surface area contributed by atoms with Gasteiger partial charge in [0.2, 0.25) is 0 Å². The molecule has 2 heteroatoms. The first-order valence-electron chi connectivity index (χ1n) is 12.3. The summed E-state index contributed by atoms with van der Waals surface area (Å²) in [6, 6.07) is 0. The van der Waals surface area contributed by atoms with E-state index in [-0.39, 0.29) is 5.97 Å². The van der Waals surface area contributed by atoms with Crippen molar-refractivity contribution >= 4 is 5.97 Å². The average molecular weight is 439 g/mol. The van der Waals surface area contributed by atoms with Gasteiger partial charge in [-0.25, -0.2) is 4.79 Å². The fourth-order valence-electron chi connectivity index (χ4n) is 2.92. The van der Waals surface area contributed by atoms with E-state index in [1.165, 1.54) is 62.2 Å². The number of unbranched alkanes of at least 4 members (excludes halogenated alkanes) is 7. The van der Waals surface area contributed by atoms with E-state index >= 15 is 0 Å². The maximum Gasteiger partial charge on any atom is 0.331 e. The van der Waals surface area contributed by atoms with E-state index in [1.807, 2.05) is 42.5 Å². The normalized spacial score (nSPS) is 12.8. The Morgan fingerprint density at radius 2 is 1.28 bits per heavy atom. The monoisotopic (exact) mass is 438 g/mol. The summed E-state index contributed by atoms with van der Waals surface area (Å²) < 4.78 is 5.18. The molecule has 0 unspecified atom stereocenters. The van der Waals surface area contributed by atoms with Crippen LogP contribution < -0.4 is 0 Å². The lowest BCUT2D eigenvalue weighted by Crippen LogP contribution is -2.00. The van der Waals surface area contributed by atoms with Gasteiger partial charge in [0.05, 0.1) is 0 Å². The minimum absolute atomic E-state index is 0.321. The summed E-state index contributed by atoms with van der Waals surface area (Å²) in [4.78, 5) is 11.7. The third kappa shape index (κ3) is 23.9. The van der Waals surface area contributed by atoms with Crippen molar-refractivity contribution in [2.24, 2.45) is 0 Å². The summed E-state index contributed by atoms with van der Waals surface area (Å²) in [6.45, 7) is 8.86. The predicted molar refractivity (Wildman–Crippen MR) is 142 cm³/mol. The first-order chi connectivity index (χ1) is 15.6. The zero-order valence-corrected chi connectivity index (χ0v) is 21.0. The van der Waals surface area contributed by atoms with Gasteiger partial charge in [-0.05, 0) is 52.5 Å². The fourth-order valence-corrected chi connectivity index (χ4v) is 2.92. The highest BCUT2D eigenvalue weighted by Crippen LogP contribution is 2.08. The molecule has 0 aromatic rings. The summed E-state index contributed by atoms with van der Waals surface area (Å²) in [5.41, 5.74) is 2.57. The van der Waals surface area contributed by atoms with E-state index < -0.39 is 0 Å². The number of allylic oxidation sites excluding steroid dienone is 12. The average Bonchev–Trinajstić information content (AvgIpc) is 2.75. The Kier molecular flexibility index (Phi) is 21.6. The molecule has 0 N–H and O–H groups in total. The molecule has 0 saturated heterocycles. The van der Waals surface area contributed by atoms with Crippen LogP contribution in [0.4, 0.5) is 0 Å². The third-order valence-corrected chi connectivity index (χ3v) is 4.87. The number of hydrogen-bond donors (Lipinski definition) is 0. The van der Waals surface area contributed by atoms with Crippen LogP contribution in [0.5, 0.6) is 0 Å². The molecule has 0 aliphatic rings. The Balaban J connectivity index is 3.82. The second-order valence-corrected chi connectivity index (χ2v) is 8.35. The highest BCUT2D eigenvalue weighted by molar-refractivity contribution is 5.82. The van der Waals surface area contributed by atoms with Crippen LogP contribution in [0.3, 0.4) is 0 Å². The van der Waals surface area contributed by atoms with Crippen LogP contribution in [0.25, 0.3) is 0 Å². The minimum Gasteiger partial charge on any atom is -0.458 e. The van der Waals surface area contributed by atoms with Crippen LogP contribution in [0.2, 0.25) is 0 Å². The van der Waals surface area contributed by atoms with Crippen molar-refractivity contribution < 1.29 is 9.53 Å². The van der Waals surface area contributed by atoms with E-state index in [2.05, 4.69) is 45.9 Å². The smallest absolute Gasteiger partial charge is 0.331 e. The molecule has 0 amide bonds. The van der Waals surface area contributed by atoms with Gasteiger partial charge in [0, 0.05) is 6.08 Å².